The number of esters is 2. The van der Waals surface area contributed by atoms with Crippen molar-refractivity contribution in [2.75, 3.05) is 26.9 Å². The lowest BCUT2D eigenvalue weighted by atomic mass is 10.2. The van der Waals surface area contributed by atoms with Crippen molar-refractivity contribution >= 4 is 33.5 Å². The minimum atomic E-state index is -0.803. The van der Waals surface area contributed by atoms with Crippen LogP contribution < -0.4 is 5.56 Å². The van der Waals surface area contributed by atoms with E-state index in [1.807, 2.05) is 6.92 Å². The van der Waals surface area contributed by atoms with Crippen LogP contribution in [0.2, 0.25) is 0 Å². The predicted octanol–water partition coefficient (Wildman–Crippen LogP) is 2.08. The number of thiophene rings is 1. The largest absolute Gasteiger partial charge is 0.464 e. The van der Waals surface area contributed by atoms with Crippen LogP contribution in [0.25, 0.3) is 10.2 Å². The van der Waals surface area contributed by atoms with Gasteiger partial charge >= 0.3 is 11.9 Å². The van der Waals surface area contributed by atoms with Crippen molar-refractivity contribution < 1.29 is 23.8 Å². The zero-order valence-corrected chi connectivity index (χ0v) is 16.1. The van der Waals surface area contributed by atoms with E-state index in [0.29, 0.717) is 33.7 Å². The topological polar surface area (TPSA) is 96.7 Å². The number of nitrogens with zero attached hydrogens (tertiary/aromatic N) is 2. The first-order chi connectivity index (χ1) is 12.4. The Hall–Kier alpha value is -2.26. The Balaban J connectivity index is 2.36. The van der Waals surface area contributed by atoms with Crippen LogP contribution in [-0.2, 0) is 19.0 Å². The summed E-state index contributed by atoms with van der Waals surface area (Å²) in [6.07, 6.45) is 2.00. The van der Waals surface area contributed by atoms with Gasteiger partial charge in [0.15, 0.2) is 0 Å². The second kappa shape index (κ2) is 8.91. The van der Waals surface area contributed by atoms with E-state index in [-0.39, 0.29) is 18.8 Å². The zero-order valence-electron chi connectivity index (χ0n) is 15.2. The molecule has 0 saturated carbocycles. The summed E-state index contributed by atoms with van der Waals surface area (Å²) in [5.41, 5.74) is 0.106. The fraction of sp³-hybridized carbons (Fsp3) is 0.529. The third kappa shape index (κ3) is 4.10. The van der Waals surface area contributed by atoms with Crippen LogP contribution in [0.3, 0.4) is 0 Å². The molecule has 2 aromatic rings. The number of ether oxygens (including phenoxy) is 3. The molecule has 2 aromatic heterocycles. The van der Waals surface area contributed by atoms with E-state index in [0.717, 1.165) is 11.3 Å². The molecule has 26 heavy (non-hydrogen) atoms. The molecule has 0 saturated heterocycles. The number of hydrogen-bond donors (Lipinski definition) is 0. The van der Waals surface area contributed by atoms with Gasteiger partial charge in [-0.25, -0.2) is 14.6 Å². The molecule has 0 radical (unpaired) electrons. The van der Waals surface area contributed by atoms with Crippen molar-refractivity contribution in [3.63, 3.8) is 0 Å². The fourth-order valence-electron chi connectivity index (χ4n) is 2.33. The number of methoxy groups -OCH3 is 1. The molecule has 0 fully saturated rings. The summed E-state index contributed by atoms with van der Waals surface area (Å²) < 4.78 is 16.3. The van der Waals surface area contributed by atoms with Gasteiger partial charge < -0.3 is 14.2 Å². The van der Waals surface area contributed by atoms with Crippen molar-refractivity contribution in [3.8, 4) is 0 Å². The van der Waals surface area contributed by atoms with Crippen LogP contribution in [0.15, 0.2) is 11.1 Å². The molecule has 0 spiro atoms. The predicted molar refractivity (Wildman–Crippen MR) is 96.7 cm³/mol. The van der Waals surface area contributed by atoms with E-state index in [1.54, 1.807) is 13.8 Å². The molecular formula is C17H22N2O6S. The minimum absolute atomic E-state index is 0.126. The maximum Gasteiger partial charge on any atom is 0.348 e. The molecule has 9 heteroatoms. The van der Waals surface area contributed by atoms with Gasteiger partial charge in [-0.05, 0) is 25.8 Å². The standard InChI is InChI=1S/C17H22N2O6S/c1-5-6-24-16(21)11(3)19-9-18-14-12(15(19)20)10(2)13(26-14)17(22)25-8-7-23-4/h9,11H,5-8H2,1-4H3/t11-/m1/s1. The highest BCUT2D eigenvalue weighted by Gasteiger charge is 2.24. The van der Waals surface area contributed by atoms with Crippen LogP contribution in [0.1, 0.15) is 41.5 Å². The van der Waals surface area contributed by atoms with Gasteiger partial charge in [-0.2, -0.15) is 0 Å². The van der Waals surface area contributed by atoms with E-state index in [1.165, 1.54) is 18.0 Å². The summed E-state index contributed by atoms with van der Waals surface area (Å²) in [5, 5.41) is 0.311. The summed E-state index contributed by atoms with van der Waals surface area (Å²) in [5.74, 6) is -1.02. The fourth-order valence-corrected chi connectivity index (χ4v) is 3.36. The number of rotatable bonds is 8. The Morgan fingerprint density at radius 1 is 1.27 bits per heavy atom. The second-order valence-electron chi connectivity index (χ2n) is 5.67. The van der Waals surface area contributed by atoms with E-state index in [2.05, 4.69) is 4.98 Å². The maximum atomic E-state index is 12.8. The third-order valence-electron chi connectivity index (χ3n) is 3.79. The van der Waals surface area contributed by atoms with Gasteiger partial charge in [-0.1, -0.05) is 6.92 Å². The normalized spacial score (nSPS) is 12.2. The van der Waals surface area contributed by atoms with Crippen molar-refractivity contribution in [3.05, 3.63) is 27.1 Å². The van der Waals surface area contributed by atoms with Crippen molar-refractivity contribution in [2.45, 2.75) is 33.2 Å². The smallest absolute Gasteiger partial charge is 0.348 e. The average molecular weight is 382 g/mol. The number of aryl methyl sites for hydroxylation is 1. The monoisotopic (exact) mass is 382 g/mol. The average Bonchev–Trinajstić information content (AvgIpc) is 2.97. The molecule has 8 nitrogen and oxygen atoms in total. The van der Waals surface area contributed by atoms with E-state index < -0.39 is 18.0 Å². The summed E-state index contributed by atoms with van der Waals surface area (Å²) in [4.78, 5) is 42.0. The molecule has 0 N–H and O–H groups in total. The molecule has 0 aromatic carbocycles. The Morgan fingerprint density at radius 2 is 2.00 bits per heavy atom. The number of hydrogen-bond acceptors (Lipinski definition) is 8. The summed E-state index contributed by atoms with van der Waals surface area (Å²) >= 11 is 1.09. The van der Waals surface area contributed by atoms with Crippen LogP contribution >= 0.6 is 11.3 Å². The van der Waals surface area contributed by atoms with Crippen LogP contribution in [0.4, 0.5) is 0 Å². The molecule has 0 amide bonds. The Labute approximate surface area is 154 Å². The minimum Gasteiger partial charge on any atom is -0.464 e. The molecule has 2 rings (SSSR count). The van der Waals surface area contributed by atoms with Crippen molar-refractivity contribution in [2.24, 2.45) is 0 Å². The SMILES string of the molecule is CCCOC(=O)[C@@H](C)n1cnc2sc(C(=O)OCCOC)c(C)c2c1=O. The van der Waals surface area contributed by atoms with Crippen molar-refractivity contribution in [1.82, 2.24) is 9.55 Å². The molecule has 142 valence electrons. The Morgan fingerprint density at radius 3 is 2.65 bits per heavy atom. The molecule has 0 aliphatic heterocycles. The molecule has 2 heterocycles. The Bertz CT molecular complexity index is 857. The highest BCUT2D eigenvalue weighted by Crippen LogP contribution is 2.27. The molecule has 1 atom stereocenters. The number of carbonyl (C=O) groups is 2. The molecule has 0 aliphatic carbocycles. The Kier molecular flexibility index (Phi) is 6.87. The van der Waals surface area contributed by atoms with Gasteiger partial charge in [-0.15, -0.1) is 11.3 Å². The lowest BCUT2D eigenvalue weighted by Gasteiger charge is -2.13. The molecule has 0 aliphatic rings. The maximum absolute atomic E-state index is 12.8. The van der Waals surface area contributed by atoms with Crippen LogP contribution in [-0.4, -0.2) is 48.4 Å². The summed E-state index contributed by atoms with van der Waals surface area (Å²) in [6.45, 7) is 5.84. The molecular weight excluding hydrogens is 360 g/mol. The van der Waals surface area contributed by atoms with E-state index >= 15 is 0 Å². The summed E-state index contributed by atoms with van der Waals surface area (Å²) in [6, 6.07) is -0.803. The van der Waals surface area contributed by atoms with Crippen LogP contribution in [0.5, 0.6) is 0 Å². The zero-order chi connectivity index (χ0) is 19.3. The highest BCUT2D eigenvalue weighted by atomic mass is 32.1. The lowest BCUT2D eigenvalue weighted by Crippen LogP contribution is -2.29. The van der Waals surface area contributed by atoms with Gasteiger partial charge in [0.05, 0.1) is 24.9 Å². The van der Waals surface area contributed by atoms with Gasteiger partial charge in [-0.3, -0.25) is 9.36 Å². The van der Waals surface area contributed by atoms with Gasteiger partial charge in [0.25, 0.3) is 5.56 Å². The first-order valence-corrected chi connectivity index (χ1v) is 9.06. The quantitative estimate of drug-likeness (QED) is 0.509. The van der Waals surface area contributed by atoms with Gasteiger partial charge in [0.1, 0.15) is 22.4 Å². The summed E-state index contributed by atoms with van der Waals surface area (Å²) in [7, 11) is 1.51. The van der Waals surface area contributed by atoms with E-state index in [4.69, 9.17) is 14.2 Å². The number of fused-ring (bicyclic) bond motifs is 1. The molecule has 0 bridgehead atoms. The molecule has 0 unspecified atom stereocenters. The van der Waals surface area contributed by atoms with Gasteiger partial charge in [0, 0.05) is 7.11 Å². The third-order valence-corrected chi connectivity index (χ3v) is 4.97. The van der Waals surface area contributed by atoms with E-state index in [9.17, 15) is 14.4 Å². The van der Waals surface area contributed by atoms with Crippen molar-refractivity contribution in [1.29, 1.82) is 0 Å². The second-order valence-corrected chi connectivity index (χ2v) is 6.66. The number of aromatic nitrogens is 2. The van der Waals surface area contributed by atoms with Gasteiger partial charge in [0.2, 0.25) is 0 Å². The highest BCUT2D eigenvalue weighted by molar-refractivity contribution is 7.20. The van der Waals surface area contributed by atoms with Crippen LogP contribution in [0, 0.1) is 6.92 Å². The number of carbonyl (C=O) groups excluding carboxylic acids is 2. The lowest BCUT2D eigenvalue weighted by molar-refractivity contribution is -0.147. The first kappa shape index (κ1) is 20.1. The first-order valence-electron chi connectivity index (χ1n) is 8.25.